The second-order valence-corrected chi connectivity index (χ2v) is 4.91. The first kappa shape index (κ1) is 12.8. The average molecular weight is 309 g/mol. The zero-order chi connectivity index (χ0) is 13.3. The highest BCUT2D eigenvalue weighted by atomic mass is 79.9. The fourth-order valence-corrected chi connectivity index (χ4v) is 2.33. The highest BCUT2D eigenvalue weighted by Gasteiger charge is 2.14. The summed E-state index contributed by atoms with van der Waals surface area (Å²) < 4.78 is 6.49. The molecule has 2 rings (SSSR count). The second-order valence-electron chi connectivity index (χ2n) is 4.06. The van der Waals surface area contributed by atoms with E-state index in [1.807, 2.05) is 19.1 Å². The molecule has 2 N–H and O–H groups in total. The van der Waals surface area contributed by atoms with Crippen LogP contribution in [0.25, 0.3) is 10.9 Å². The number of fused-ring (bicyclic) bond motifs is 1. The lowest BCUT2D eigenvalue weighted by atomic mass is 10.1. The van der Waals surface area contributed by atoms with E-state index < -0.39 is 12.0 Å². The number of benzene rings is 1. The topological polar surface area (TPSA) is 65.2 Å². The molecule has 1 atom stereocenters. The van der Waals surface area contributed by atoms with E-state index in [2.05, 4.69) is 20.9 Å². The van der Waals surface area contributed by atoms with Crippen molar-refractivity contribution in [1.82, 2.24) is 4.98 Å². The number of carbonyl (C=O) groups excluding carboxylic acids is 1. The number of hydrogen-bond acceptors (Lipinski definition) is 3. The van der Waals surface area contributed by atoms with E-state index in [0.29, 0.717) is 5.75 Å². The van der Waals surface area contributed by atoms with Gasteiger partial charge in [-0.15, -0.1) is 0 Å². The number of aromatic nitrogens is 1. The number of primary amides is 1. The summed E-state index contributed by atoms with van der Waals surface area (Å²) in [5, 5.41) is 0.978. The Balaban J connectivity index is 2.56. The molecule has 0 radical (unpaired) electrons. The van der Waals surface area contributed by atoms with Gasteiger partial charge in [-0.05, 0) is 37.6 Å². The number of hydrogen-bond donors (Lipinski definition) is 1. The lowest BCUT2D eigenvalue weighted by Gasteiger charge is -2.14. The Hall–Kier alpha value is -1.62. The molecule has 0 aliphatic heterocycles. The van der Waals surface area contributed by atoms with E-state index >= 15 is 0 Å². The zero-order valence-electron chi connectivity index (χ0n) is 10.1. The largest absolute Gasteiger partial charge is 0.479 e. The number of aryl methyl sites for hydroxylation is 1. The van der Waals surface area contributed by atoms with Crippen LogP contribution in [-0.4, -0.2) is 17.0 Å². The van der Waals surface area contributed by atoms with Gasteiger partial charge in [0, 0.05) is 16.1 Å². The number of amides is 1. The molecule has 0 fully saturated rings. The van der Waals surface area contributed by atoms with E-state index in [-0.39, 0.29) is 0 Å². The van der Waals surface area contributed by atoms with Crippen molar-refractivity contribution in [2.45, 2.75) is 20.0 Å². The molecule has 2 aromatic rings. The highest BCUT2D eigenvalue weighted by molar-refractivity contribution is 9.10. The minimum Gasteiger partial charge on any atom is -0.479 e. The molecule has 1 aromatic heterocycles. The van der Waals surface area contributed by atoms with Gasteiger partial charge in [0.15, 0.2) is 6.10 Å². The van der Waals surface area contributed by atoms with E-state index in [0.717, 1.165) is 20.9 Å². The van der Waals surface area contributed by atoms with Crippen LogP contribution in [0.4, 0.5) is 0 Å². The minimum absolute atomic E-state index is 0.501. The predicted octanol–water partition coefficient (Wildman–Crippen LogP) is 2.56. The van der Waals surface area contributed by atoms with E-state index in [1.54, 1.807) is 19.2 Å². The molecule has 1 amide bonds. The standard InChI is InChI=1S/C13H13BrN2O2/c1-7-5-6-16-12-10(18-8(2)13(15)17)4-3-9(14)11(7)12/h3-6,8H,1-2H3,(H2,15,17). The van der Waals surface area contributed by atoms with Crippen LogP contribution in [0, 0.1) is 6.92 Å². The van der Waals surface area contributed by atoms with Gasteiger partial charge in [0.2, 0.25) is 0 Å². The number of carbonyl (C=O) groups is 1. The molecular weight excluding hydrogens is 296 g/mol. The van der Waals surface area contributed by atoms with Crippen LogP contribution in [0.3, 0.4) is 0 Å². The summed E-state index contributed by atoms with van der Waals surface area (Å²) in [6, 6.07) is 5.58. The van der Waals surface area contributed by atoms with Gasteiger partial charge in [0.05, 0.1) is 0 Å². The molecule has 1 heterocycles. The van der Waals surface area contributed by atoms with Crippen molar-refractivity contribution in [3.8, 4) is 5.75 Å². The van der Waals surface area contributed by atoms with E-state index in [4.69, 9.17) is 10.5 Å². The van der Waals surface area contributed by atoms with Gasteiger partial charge in [-0.25, -0.2) is 0 Å². The Labute approximate surface area is 113 Å². The van der Waals surface area contributed by atoms with E-state index in [9.17, 15) is 4.79 Å². The van der Waals surface area contributed by atoms with Crippen LogP contribution >= 0.6 is 15.9 Å². The van der Waals surface area contributed by atoms with Gasteiger partial charge < -0.3 is 10.5 Å². The van der Waals surface area contributed by atoms with Crippen LogP contribution in [-0.2, 0) is 4.79 Å². The van der Waals surface area contributed by atoms with Crippen molar-refractivity contribution < 1.29 is 9.53 Å². The molecule has 0 saturated carbocycles. The molecule has 0 saturated heterocycles. The first-order valence-electron chi connectivity index (χ1n) is 5.50. The maximum absolute atomic E-state index is 11.0. The summed E-state index contributed by atoms with van der Waals surface area (Å²) in [4.78, 5) is 15.3. The second kappa shape index (κ2) is 4.94. The van der Waals surface area contributed by atoms with E-state index in [1.165, 1.54) is 0 Å². The number of ether oxygens (including phenoxy) is 1. The molecule has 0 aliphatic carbocycles. The SMILES string of the molecule is Cc1ccnc2c(OC(C)C(N)=O)ccc(Br)c12. The summed E-state index contributed by atoms with van der Waals surface area (Å²) in [6.45, 7) is 3.61. The summed E-state index contributed by atoms with van der Waals surface area (Å²) in [5.41, 5.74) is 7.00. The Morgan fingerprint density at radius 2 is 2.17 bits per heavy atom. The Morgan fingerprint density at radius 3 is 2.83 bits per heavy atom. The van der Waals surface area contributed by atoms with Crippen LogP contribution in [0.2, 0.25) is 0 Å². The molecule has 0 aliphatic rings. The van der Waals surface area contributed by atoms with Crippen molar-refractivity contribution in [1.29, 1.82) is 0 Å². The molecule has 1 unspecified atom stereocenters. The highest BCUT2D eigenvalue weighted by Crippen LogP contribution is 2.32. The summed E-state index contributed by atoms with van der Waals surface area (Å²) in [5.74, 6) is 0.0573. The number of pyridine rings is 1. The quantitative estimate of drug-likeness (QED) is 0.947. The number of nitrogens with two attached hydrogens (primary N) is 1. The molecule has 5 heteroatoms. The van der Waals surface area contributed by atoms with Crippen molar-refractivity contribution >= 4 is 32.7 Å². The van der Waals surface area contributed by atoms with Gasteiger partial charge in [0.25, 0.3) is 5.91 Å². The molecular formula is C13H13BrN2O2. The predicted molar refractivity (Wildman–Crippen MR) is 73.5 cm³/mol. The van der Waals surface area contributed by atoms with Crippen molar-refractivity contribution in [2.75, 3.05) is 0 Å². The molecule has 94 valence electrons. The number of halogens is 1. The number of rotatable bonds is 3. The van der Waals surface area contributed by atoms with Gasteiger partial charge in [-0.1, -0.05) is 15.9 Å². The summed E-state index contributed by atoms with van der Waals surface area (Å²) in [6.07, 6.45) is 1.03. The van der Waals surface area contributed by atoms with Crippen LogP contribution in [0.5, 0.6) is 5.75 Å². The zero-order valence-corrected chi connectivity index (χ0v) is 11.7. The third kappa shape index (κ3) is 2.31. The molecule has 4 nitrogen and oxygen atoms in total. The lowest BCUT2D eigenvalue weighted by molar-refractivity contribution is -0.123. The third-order valence-corrected chi connectivity index (χ3v) is 3.38. The third-order valence-electron chi connectivity index (χ3n) is 2.72. The Bertz CT molecular complexity index is 605. The normalized spacial score (nSPS) is 12.4. The molecule has 0 spiro atoms. The van der Waals surface area contributed by atoms with Gasteiger partial charge in [-0.2, -0.15) is 0 Å². The summed E-state index contributed by atoms with van der Waals surface area (Å²) in [7, 11) is 0. The van der Waals surface area contributed by atoms with Crippen LogP contribution < -0.4 is 10.5 Å². The summed E-state index contributed by atoms with van der Waals surface area (Å²) >= 11 is 3.49. The Morgan fingerprint density at radius 1 is 1.44 bits per heavy atom. The minimum atomic E-state index is -0.684. The lowest BCUT2D eigenvalue weighted by Crippen LogP contribution is -2.30. The first-order valence-corrected chi connectivity index (χ1v) is 6.30. The van der Waals surface area contributed by atoms with Gasteiger partial charge in [-0.3, -0.25) is 9.78 Å². The smallest absolute Gasteiger partial charge is 0.258 e. The van der Waals surface area contributed by atoms with Crippen LogP contribution in [0.1, 0.15) is 12.5 Å². The molecule has 18 heavy (non-hydrogen) atoms. The maximum atomic E-state index is 11.0. The van der Waals surface area contributed by atoms with Crippen molar-refractivity contribution in [3.63, 3.8) is 0 Å². The molecule has 1 aromatic carbocycles. The maximum Gasteiger partial charge on any atom is 0.258 e. The number of nitrogens with zero attached hydrogens (tertiary/aromatic N) is 1. The van der Waals surface area contributed by atoms with Gasteiger partial charge >= 0.3 is 0 Å². The van der Waals surface area contributed by atoms with Crippen molar-refractivity contribution in [2.24, 2.45) is 5.73 Å². The monoisotopic (exact) mass is 308 g/mol. The van der Waals surface area contributed by atoms with Crippen LogP contribution in [0.15, 0.2) is 28.9 Å². The Kier molecular flexibility index (Phi) is 3.52. The fourth-order valence-electron chi connectivity index (χ4n) is 1.70. The van der Waals surface area contributed by atoms with Crippen molar-refractivity contribution in [3.05, 3.63) is 34.4 Å². The van der Waals surface area contributed by atoms with Gasteiger partial charge in [0.1, 0.15) is 11.3 Å². The fraction of sp³-hybridized carbons (Fsp3) is 0.231. The average Bonchev–Trinajstić information content (AvgIpc) is 2.32. The first-order chi connectivity index (χ1) is 8.50. The molecule has 0 bridgehead atoms.